The lowest BCUT2D eigenvalue weighted by molar-refractivity contribution is -0.286. The summed E-state index contributed by atoms with van der Waals surface area (Å²) in [6, 6.07) is 10.2. The first-order valence-corrected chi connectivity index (χ1v) is 11.3. The van der Waals surface area contributed by atoms with Crippen molar-refractivity contribution in [2.75, 3.05) is 34.4 Å². The number of carbonyl (C=O) groups is 1. The Balaban J connectivity index is 1.32. The Morgan fingerprint density at radius 3 is 2.62 bits per heavy atom. The van der Waals surface area contributed by atoms with Gasteiger partial charge in [-0.15, -0.1) is 8.78 Å². The van der Waals surface area contributed by atoms with Crippen molar-refractivity contribution in [1.82, 2.24) is 10.2 Å². The number of amides is 1. The molecule has 1 aliphatic carbocycles. The van der Waals surface area contributed by atoms with Crippen LogP contribution in [-0.2, 0) is 5.41 Å². The molecule has 1 saturated heterocycles. The van der Waals surface area contributed by atoms with Crippen LogP contribution in [0, 0.1) is 5.92 Å². The number of nitrogens with one attached hydrogen (secondary N) is 1. The largest absolute Gasteiger partial charge is 0.586 e. The minimum Gasteiger partial charge on any atom is -0.493 e. The van der Waals surface area contributed by atoms with Gasteiger partial charge in [-0.25, -0.2) is 0 Å². The number of ether oxygens (including phenoxy) is 4. The van der Waals surface area contributed by atoms with E-state index in [1.807, 2.05) is 6.07 Å². The summed E-state index contributed by atoms with van der Waals surface area (Å²) in [5.74, 6) is 1.25. The van der Waals surface area contributed by atoms with E-state index in [-0.39, 0.29) is 34.4 Å². The van der Waals surface area contributed by atoms with Gasteiger partial charge >= 0.3 is 6.29 Å². The summed E-state index contributed by atoms with van der Waals surface area (Å²) in [5.41, 5.74) is 1.46. The lowest BCUT2D eigenvalue weighted by Gasteiger charge is -2.43. The summed E-state index contributed by atoms with van der Waals surface area (Å²) >= 11 is 0. The van der Waals surface area contributed by atoms with Gasteiger partial charge < -0.3 is 29.2 Å². The first kappa shape index (κ1) is 22.7. The highest BCUT2D eigenvalue weighted by atomic mass is 19.3. The van der Waals surface area contributed by atoms with Gasteiger partial charge in [0.15, 0.2) is 23.0 Å². The number of fused-ring (bicyclic) bond motifs is 2. The smallest absolute Gasteiger partial charge is 0.493 e. The zero-order valence-corrected chi connectivity index (χ0v) is 19.4. The zero-order valence-electron chi connectivity index (χ0n) is 19.4. The molecule has 0 aromatic heterocycles. The third-order valence-corrected chi connectivity index (χ3v) is 7.33. The molecule has 2 fully saturated rings. The first-order valence-electron chi connectivity index (χ1n) is 11.3. The lowest BCUT2D eigenvalue weighted by atomic mass is 9.63. The molecule has 2 aliphatic heterocycles. The van der Waals surface area contributed by atoms with Crippen molar-refractivity contribution in [3.63, 3.8) is 0 Å². The number of likely N-dealkylation sites (tertiary alicyclic amines) is 1. The number of hydrogen-bond donors (Lipinski definition) is 1. The zero-order chi connectivity index (χ0) is 24.1. The van der Waals surface area contributed by atoms with Crippen LogP contribution in [0.5, 0.6) is 23.0 Å². The number of alkyl halides is 2. The van der Waals surface area contributed by atoms with Crippen molar-refractivity contribution in [3.8, 4) is 23.0 Å². The topological polar surface area (TPSA) is 69.3 Å². The second-order valence-corrected chi connectivity index (χ2v) is 9.39. The highest BCUT2D eigenvalue weighted by molar-refractivity contribution is 5.95. The van der Waals surface area contributed by atoms with Gasteiger partial charge in [0.25, 0.3) is 5.91 Å². The molecular weight excluding hydrogens is 446 g/mol. The lowest BCUT2D eigenvalue weighted by Crippen LogP contribution is -2.47. The molecule has 1 N–H and O–H groups in total. The average molecular weight is 475 g/mol. The standard InChI is InChI=1S/C25H28F2N2O5/c1-29-13-17-11-18(28-23(30)15-4-6-20-22(10-15)34-25(26,27)33-20)8-9-24(17,14-29)16-5-7-19(31-2)21(12-16)32-3/h4-7,10,12,17-18H,8-9,11,13-14H2,1-3H3,(H,28,30)/t17-,18+,24-/m1/s1. The fourth-order valence-electron chi connectivity index (χ4n) is 5.81. The number of benzene rings is 2. The van der Waals surface area contributed by atoms with E-state index in [0.29, 0.717) is 17.4 Å². The van der Waals surface area contributed by atoms with E-state index < -0.39 is 6.29 Å². The van der Waals surface area contributed by atoms with Crippen molar-refractivity contribution >= 4 is 5.91 Å². The molecule has 182 valence electrons. The number of likely N-dealkylation sites (N-methyl/N-ethyl adjacent to an activating group) is 1. The predicted octanol–water partition coefficient (Wildman–Crippen LogP) is 3.81. The molecular formula is C25H28F2N2O5. The van der Waals surface area contributed by atoms with Crippen LogP contribution in [-0.4, -0.2) is 57.5 Å². The minimum absolute atomic E-state index is 0.0101. The Hall–Kier alpha value is -3.07. The Morgan fingerprint density at radius 1 is 1.09 bits per heavy atom. The molecule has 34 heavy (non-hydrogen) atoms. The van der Waals surface area contributed by atoms with E-state index in [2.05, 4.69) is 38.9 Å². The molecule has 0 unspecified atom stereocenters. The molecule has 1 saturated carbocycles. The van der Waals surface area contributed by atoms with Crippen LogP contribution >= 0.6 is 0 Å². The molecule has 3 atom stereocenters. The van der Waals surface area contributed by atoms with Crippen LogP contribution in [0.4, 0.5) is 8.78 Å². The van der Waals surface area contributed by atoms with Gasteiger partial charge in [-0.3, -0.25) is 4.79 Å². The molecule has 0 radical (unpaired) electrons. The van der Waals surface area contributed by atoms with Gasteiger partial charge in [0.05, 0.1) is 14.2 Å². The van der Waals surface area contributed by atoms with Gasteiger partial charge in [-0.2, -0.15) is 0 Å². The predicted molar refractivity (Wildman–Crippen MR) is 120 cm³/mol. The summed E-state index contributed by atoms with van der Waals surface area (Å²) in [6.45, 7) is 1.87. The number of rotatable bonds is 5. The number of carbonyl (C=O) groups excluding carboxylic acids is 1. The summed E-state index contributed by atoms with van der Waals surface area (Å²) in [5, 5.41) is 3.10. The molecule has 5 rings (SSSR count). The van der Waals surface area contributed by atoms with Crippen LogP contribution in [0.15, 0.2) is 36.4 Å². The van der Waals surface area contributed by atoms with Gasteiger partial charge in [0.1, 0.15) is 0 Å². The number of halogens is 2. The average Bonchev–Trinajstić information content (AvgIpc) is 3.31. The molecule has 9 heteroatoms. The van der Waals surface area contributed by atoms with Gasteiger partial charge in [0, 0.05) is 30.1 Å². The van der Waals surface area contributed by atoms with Crippen molar-refractivity contribution in [1.29, 1.82) is 0 Å². The highest BCUT2D eigenvalue weighted by Gasteiger charge is 2.50. The third-order valence-electron chi connectivity index (χ3n) is 7.33. The van der Waals surface area contributed by atoms with Crippen LogP contribution in [0.25, 0.3) is 0 Å². The Kier molecular flexibility index (Phi) is 5.55. The van der Waals surface area contributed by atoms with Gasteiger partial charge in [-0.1, -0.05) is 6.07 Å². The molecule has 2 heterocycles. The van der Waals surface area contributed by atoms with Gasteiger partial charge in [0.2, 0.25) is 0 Å². The fraction of sp³-hybridized carbons (Fsp3) is 0.480. The quantitative estimate of drug-likeness (QED) is 0.711. The van der Waals surface area contributed by atoms with Crippen molar-refractivity contribution in [2.24, 2.45) is 5.92 Å². The van der Waals surface area contributed by atoms with Crippen molar-refractivity contribution in [3.05, 3.63) is 47.5 Å². The van der Waals surface area contributed by atoms with Crippen molar-refractivity contribution < 1.29 is 32.5 Å². The number of hydrogen-bond acceptors (Lipinski definition) is 6. The van der Waals surface area contributed by atoms with E-state index in [1.165, 1.54) is 23.8 Å². The van der Waals surface area contributed by atoms with E-state index in [4.69, 9.17) is 9.47 Å². The van der Waals surface area contributed by atoms with E-state index in [0.717, 1.165) is 32.4 Å². The Labute approximate surface area is 196 Å². The summed E-state index contributed by atoms with van der Waals surface area (Å²) < 4.78 is 46.4. The summed E-state index contributed by atoms with van der Waals surface area (Å²) in [6.07, 6.45) is -1.15. The summed E-state index contributed by atoms with van der Waals surface area (Å²) in [7, 11) is 5.39. The molecule has 0 bridgehead atoms. The van der Waals surface area contributed by atoms with Gasteiger partial charge in [-0.05, 0) is 68.1 Å². The Morgan fingerprint density at radius 2 is 1.85 bits per heavy atom. The van der Waals surface area contributed by atoms with Crippen LogP contribution < -0.4 is 24.3 Å². The molecule has 3 aliphatic rings. The van der Waals surface area contributed by atoms with E-state index in [1.54, 1.807) is 14.2 Å². The maximum absolute atomic E-state index is 13.3. The molecule has 0 spiro atoms. The monoisotopic (exact) mass is 474 g/mol. The van der Waals surface area contributed by atoms with Crippen LogP contribution in [0.2, 0.25) is 0 Å². The highest BCUT2D eigenvalue weighted by Crippen LogP contribution is 2.50. The SMILES string of the molecule is COc1ccc([C@]23CC[C@H](NC(=O)c4ccc5c(c4)OC(F)(F)O5)C[C@@H]2CN(C)C3)cc1OC. The van der Waals surface area contributed by atoms with Crippen molar-refractivity contribution in [2.45, 2.75) is 37.0 Å². The molecule has 1 amide bonds. The first-order chi connectivity index (χ1) is 16.2. The maximum atomic E-state index is 13.3. The second kappa shape index (κ2) is 8.30. The number of methoxy groups -OCH3 is 2. The Bertz CT molecular complexity index is 1110. The fourth-order valence-corrected chi connectivity index (χ4v) is 5.81. The summed E-state index contributed by atoms with van der Waals surface area (Å²) in [4.78, 5) is 15.2. The van der Waals surface area contributed by atoms with Crippen LogP contribution in [0.3, 0.4) is 0 Å². The third kappa shape index (κ3) is 3.91. The normalized spacial score (nSPS) is 27.2. The minimum atomic E-state index is -3.71. The number of nitrogens with zero attached hydrogens (tertiary/aromatic N) is 1. The van der Waals surface area contributed by atoms with Crippen LogP contribution in [0.1, 0.15) is 35.2 Å². The van der Waals surface area contributed by atoms with E-state index >= 15 is 0 Å². The molecule has 2 aromatic rings. The second-order valence-electron chi connectivity index (χ2n) is 9.39. The van der Waals surface area contributed by atoms with E-state index in [9.17, 15) is 13.6 Å². The molecule has 7 nitrogen and oxygen atoms in total. The maximum Gasteiger partial charge on any atom is 0.586 e. The molecule has 2 aromatic carbocycles.